The number of nitrogens with zero attached hydrogens (tertiary/aromatic N) is 1. The van der Waals surface area contributed by atoms with E-state index >= 15 is 0 Å². The van der Waals surface area contributed by atoms with E-state index < -0.39 is 5.97 Å². The van der Waals surface area contributed by atoms with Crippen molar-refractivity contribution in [3.8, 4) is 5.75 Å². The minimum absolute atomic E-state index is 0.111. The number of carbonyl (C=O) groups is 2. The number of hydrogen-bond acceptors (Lipinski definition) is 5. The van der Waals surface area contributed by atoms with Crippen molar-refractivity contribution in [1.82, 2.24) is 0 Å². The third-order valence-electron chi connectivity index (χ3n) is 2.80. The van der Waals surface area contributed by atoms with Gasteiger partial charge in [-0.05, 0) is 31.5 Å². The fourth-order valence-electron chi connectivity index (χ4n) is 1.95. The summed E-state index contributed by atoms with van der Waals surface area (Å²) in [5.74, 6) is -0.275. The van der Waals surface area contributed by atoms with Crippen LogP contribution in [0.15, 0.2) is 18.2 Å². The second kappa shape index (κ2) is 5.92. The first-order valence-electron chi connectivity index (χ1n) is 6.37. The number of esters is 1. The molecule has 2 rings (SSSR count). The Morgan fingerprint density at radius 2 is 2.25 bits per heavy atom. The van der Waals surface area contributed by atoms with E-state index in [1.54, 1.807) is 32.0 Å². The van der Waals surface area contributed by atoms with Gasteiger partial charge in [0.05, 0.1) is 18.4 Å². The molecule has 0 fully saturated rings. The zero-order valence-corrected chi connectivity index (χ0v) is 11.5. The standard InChI is InChI=1S/C14H17NO5/c1-9(2)20-14(18)6-15-11-5-10(7-16)3-4-12(11)19-8-13(15)17/h3-5,9,16H,6-8H2,1-2H3. The van der Waals surface area contributed by atoms with Gasteiger partial charge >= 0.3 is 5.97 Å². The number of rotatable bonds is 4. The summed E-state index contributed by atoms with van der Waals surface area (Å²) in [6.07, 6.45) is -0.234. The molecule has 0 atom stereocenters. The summed E-state index contributed by atoms with van der Waals surface area (Å²) < 4.78 is 10.4. The highest BCUT2D eigenvalue weighted by Crippen LogP contribution is 2.32. The summed E-state index contributed by atoms with van der Waals surface area (Å²) in [5, 5.41) is 9.16. The number of anilines is 1. The van der Waals surface area contributed by atoms with Crippen LogP contribution in [0.5, 0.6) is 5.75 Å². The number of amides is 1. The van der Waals surface area contributed by atoms with Crippen LogP contribution in [0.1, 0.15) is 19.4 Å². The zero-order valence-electron chi connectivity index (χ0n) is 11.5. The number of benzene rings is 1. The smallest absolute Gasteiger partial charge is 0.326 e. The lowest BCUT2D eigenvalue weighted by atomic mass is 10.1. The van der Waals surface area contributed by atoms with Crippen molar-refractivity contribution in [3.05, 3.63) is 23.8 Å². The molecular weight excluding hydrogens is 262 g/mol. The van der Waals surface area contributed by atoms with Crippen LogP contribution in [0, 0.1) is 0 Å². The molecule has 0 aliphatic carbocycles. The van der Waals surface area contributed by atoms with Gasteiger partial charge in [-0.1, -0.05) is 6.07 Å². The van der Waals surface area contributed by atoms with Crippen LogP contribution in [0.2, 0.25) is 0 Å². The van der Waals surface area contributed by atoms with Crippen LogP contribution in [-0.4, -0.2) is 36.2 Å². The second-order valence-corrected chi connectivity index (χ2v) is 4.77. The maximum Gasteiger partial charge on any atom is 0.326 e. The predicted molar refractivity (Wildman–Crippen MR) is 71.4 cm³/mol. The van der Waals surface area contributed by atoms with Gasteiger partial charge in [-0.15, -0.1) is 0 Å². The Balaban J connectivity index is 2.24. The van der Waals surface area contributed by atoms with Gasteiger partial charge in [0, 0.05) is 0 Å². The fourth-order valence-corrected chi connectivity index (χ4v) is 1.95. The minimum Gasteiger partial charge on any atom is -0.482 e. The van der Waals surface area contributed by atoms with Crippen molar-refractivity contribution < 1.29 is 24.2 Å². The van der Waals surface area contributed by atoms with Gasteiger partial charge in [0.2, 0.25) is 0 Å². The number of carbonyl (C=O) groups excluding carboxylic acids is 2. The molecule has 6 nitrogen and oxygen atoms in total. The summed E-state index contributed by atoms with van der Waals surface area (Å²) in [6, 6.07) is 5.02. The van der Waals surface area contributed by atoms with E-state index in [0.717, 1.165) is 0 Å². The Labute approximate surface area is 116 Å². The maximum absolute atomic E-state index is 11.9. The molecule has 1 amide bonds. The molecule has 1 aliphatic heterocycles. The largest absolute Gasteiger partial charge is 0.482 e. The molecule has 20 heavy (non-hydrogen) atoms. The molecule has 0 radical (unpaired) electrons. The average Bonchev–Trinajstić information content (AvgIpc) is 2.40. The lowest BCUT2D eigenvalue weighted by Crippen LogP contribution is -2.42. The number of aliphatic hydroxyl groups excluding tert-OH is 1. The fraction of sp³-hybridized carbons (Fsp3) is 0.429. The first kappa shape index (κ1) is 14.3. The maximum atomic E-state index is 11.9. The zero-order chi connectivity index (χ0) is 14.7. The van der Waals surface area contributed by atoms with E-state index in [9.17, 15) is 9.59 Å². The van der Waals surface area contributed by atoms with Crippen LogP contribution in [0.25, 0.3) is 0 Å². The first-order valence-corrected chi connectivity index (χ1v) is 6.37. The third kappa shape index (κ3) is 3.08. The molecule has 6 heteroatoms. The van der Waals surface area contributed by atoms with E-state index in [1.165, 1.54) is 4.90 Å². The van der Waals surface area contributed by atoms with Crippen molar-refractivity contribution in [1.29, 1.82) is 0 Å². The van der Waals surface area contributed by atoms with E-state index in [1.807, 2.05) is 0 Å². The monoisotopic (exact) mass is 279 g/mol. The van der Waals surface area contributed by atoms with Crippen LogP contribution in [0.4, 0.5) is 5.69 Å². The van der Waals surface area contributed by atoms with E-state index in [2.05, 4.69) is 0 Å². The van der Waals surface area contributed by atoms with Crippen LogP contribution < -0.4 is 9.64 Å². The molecule has 1 aromatic carbocycles. The van der Waals surface area contributed by atoms with E-state index in [-0.39, 0.29) is 31.8 Å². The van der Waals surface area contributed by atoms with E-state index in [4.69, 9.17) is 14.6 Å². The summed E-state index contributed by atoms with van der Waals surface area (Å²) >= 11 is 0. The number of aliphatic hydroxyl groups is 1. The molecule has 1 N–H and O–H groups in total. The molecular formula is C14H17NO5. The van der Waals surface area contributed by atoms with Crippen molar-refractivity contribution in [2.24, 2.45) is 0 Å². The topological polar surface area (TPSA) is 76.1 Å². The molecule has 108 valence electrons. The lowest BCUT2D eigenvalue weighted by molar-refractivity contribution is -0.146. The van der Waals surface area contributed by atoms with E-state index in [0.29, 0.717) is 17.0 Å². The summed E-state index contributed by atoms with van der Waals surface area (Å²) in [7, 11) is 0. The van der Waals surface area contributed by atoms with Gasteiger partial charge in [0.1, 0.15) is 12.3 Å². The van der Waals surface area contributed by atoms with Crippen molar-refractivity contribution in [3.63, 3.8) is 0 Å². The molecule has 0 saturated carbocycles. The quantitative estimate of drug-likeness (QED) is 0.827. The van der Waals surface area contributed by atoms with Crippen molar-refractivity contribution in [2.75, 3.05) is 18.1 Å². The Bertz CT molecular complexity index is 526. The molecule has 0 unspecified atom stereocenters. The summed E-state index contributed by atoms with van der Waals surface area (Å²) in [5.41, 5.74) is 1.12. The average molecular weight is 279 g/mol. The van der Waals surface area contributed by atoms with Crippen LogP contribution in [-0.2, 0) is 20.9 Å². The highest BCUT2D eigenvalue weighted by Gasteiger charge is 2.28. The molecule has 1 aliphatic rings. The minimum atomic E-state index is -0.476. The first-order chi connectivity index (χ1) is 9.51. The normalized spacial score (nSPS) is 14.0. The number of hydrogen-bond donors (Lipinski definition) is 1. The van der Waals surface area contributed by atoms with Crippen molar-refractivity contribution >= 4 is 17.6 Å². The third-order valence-corrected chi connectivity index (χ3v) is 2.80. The molecule has 1 heterocycles. The van der Waals surface area contributed by atoms with Crippen LogP contribution >= 0.6 is 0 Å². The highest BCUT2D eigenvalue weighted by atomic mass is 16.5. The van der Waals surface area contributed by atoms with Crippen LogP contribution in [0.3, 0.4) is 0 Å². The lowest BCUT2D eigenvalue weighted by Gasteiger charge is -2.29. The Morgan fingerprint density at radius 3 is 2.90 bits per heavy atom. The highest BCUT2D eigenvalue weighted by molar-refractivity contribution is 6.01. The molecule has 0 aromatic heterocycles. The van der Waals surface area contributed by atoms with Gasteiger partial charge in [0.15, 0.2) is 6.61 Å². The SMILES string of the molecule is CC(C)OC(=O)CN1C(=O)COc2ccc(CO)cc21. The molecule has 0 spiro atoms. The van der Waals surface area contributed by atoms with Gasteiger partial charge < -0.3 is 14.6 Å². The molecule has 1 aromatic rings. The van der Waals surface area contributed by atoms with Gasteiger partial charge in [0.25, 0.3) is 5.91 Å². The number of fused-ring (bicyclic) bond motifs is 1. The molecule has 0 bridgehead atoms. The van der Waals surface area contributed by atoms with Gasteiger partial charge in [-0.25, -0.2) is 0 Å². The van der Waals surface area contributed by atoms with Crippen molar-refractivity contribution in [2.45, 2.75) is 26.6 Å². The number of ether oxygens (including phenoxy) is 2. The predicted octanol–water partition coefficient (Wildman–Crippen LogP) is 0.856. The van der Waals surface area contributed by atoms with Gasteiger partial charge in [-0.2, -0.15) is 0 Å². The Hall–Kier alpha value is -2.08. The summed E-state index contributed by atoms with van der Waals surface area (Å²) in [4.78, 5) is 25.0. The second-order valence-electron chi connectivity index (χ2n) is 4.77. The molecule has 0 saturated heterocycles. The summed E-state index contributed by atoms with van der Waals surface area (Å²) in [6.45, 7) is 3.07. The van der Waals surface area contributed by atoms with Gasteiger partial charge in [-0.3, -0.25) is 14.5 Å². The Morgan fingerprint density at radius 1 is 1.50 bits per heavy atom. The Kier molecular flexibility index (Phi) is 4.24.